The van der Waals surface area contributed by atoms with Crippen LogP contribution >= 0.6 is 0 Å². The van der Waals surface area contributed by atoms with Crippen LogP contribution in [0.4, 0.5) is 9.18 Å². The summed E-state index contributed by atoms with van der Waals surface area (Å²) in [5, 5.41) is 0. The van der Waals surface area contributed by atoms with Gasteiger partial charge in [0.25, 0.3) is 0 Å². The molecule has 2 aliphatic heterocycles. The number of nitrogens with zero attached hydrogens (tertiary/aromatic N) is 3. The summed E-state index contributed by atoms with van der Waals surface area (Å²) in [4.78, 5) is 27.3. The van der Waals surface area contributed by atoms with Gasteiger partial charge in [-0.05, 0) is 26.7 Å². The average molecular weight is 348 g/mol. The van der Waals surface area contributed by atoms with Gasteiger partial charge in [0.05, 0.1) is 6.54 Å². The molecule has 0 bridgehead atoms. The van der Waals surface area contributed by atoms with Crippen molar-refractivity contribution in [1.82, 2.24) is 14.7 Å². The van der Waals surface area contributed by atoms with Crippen molar-refractivity contribution in [3.05, 3.63) is 0 Å². The molecule has 3 amide bonds. The predicted octanol–water partition coefficient (Wildman–Crippen LogP) is 3.78. The van der Waals surface area contributed by atoms with Gasteiger partial charge in [0.2, 0.25) is 5.91 Å². The largest absolute Gasteiger partial charge is 0.340 e. The number of likely N-dealkylation sites (tertiary alicyclic amines) is 1. The summed E-state index contributed by atoms with van der Waals surface area (Å²) in [6, 6.07) is 0.175. The highest BCUT2D eigenvalue weighted by Crippen LogP contribution is 2.13. The van der Waals surface area contributed by atoms with Crippen LogP contribution in [0.1, 0.15) is 60.8 Å². The van der Waals surface area contributed by atoms with E-state index >= 15 is 0 Å². The van der Waals surface area contributed by atoms with Gasteiger partial charge in [-0.1, -0.05) is 27.7 Å². The Kier molecular flexibility index (Phi) is 15.8. The molecule has 5 nitrogen and oxygen atoms in total. The maximum absolute atomic E-state index is 12.6. The summed E-state index contributed by atoms with van der Waals surface area (Å²) in [7, 11) is 1.85. The molecule has 2 heterocycles. The van der Waals surface area contributed by atoms with Crippen molar-refractivity contribution in [2.24, 2.45) is 0 Å². The van der Waals surface area contributed by atoms with E-state index in [0.717, 1.165) is 26.1 Å². The van der Waals surface area contributed by atoms with Crippen LogP contribution in [0.3, 0.4) is 0 Å². The van der Waals surface area contributed by atoms with Crippen LogP contribution in [0.25, 0.3) is 0 Å². The molecule has 1 atom stereocenters. The molecule has 6 heteroatoms. The van der Waals surface area contributed by atoms with Gasteiger partial charge in [-0.2, -0.15) is 0 Å². The zero-order valence-corrected chi connectivity index (χ0v) is 16.8. The van der Waals surface area contributed by atoms with Gasteiger partial charge in [-0.25, -0.2) is 9.18 Å². The van der Waals surface area contributed by atoms with E-state index in [1.165, 1.54) is 0 Å². The second-order valence-electron chi connectivity index (χ2n) is 5.21. The molecule has 2 fully saturated rings. The van der Waals surface area contributed by atoms with Crippen molar-refractivity contribution < 1.29 is 14.0 Å². The molecule has 0 spiro atoms. The van der Waals surface area contributed by atoms with Crippen molar-refractivity contribution in [1.29, 1.82) is 0 Å². The molecule has 0 N–H and O–H groups in total. The minimum Gasteiger partial charge on any atom is -0.340 e. The molecule has 2 rings (SSSR count). The SMILES string of the molecule is CC.CC.CCN1CC(F)CCC1=O.CCN1CCCN(C)C1=O. The minimum atomic E-state index is -0.794. The molecular formula is C18H38FN3O2. The number of carbonyl (C=O) groups excluding carboxylic acids is 2. The number of amides is 3. The number of piperidine rings is 1. The van der Waals surface area contributed by atoms with E-state index in [9.17, 15) is 14.0 Å². The lowest BCUT2D eigenvalue weighted by atomic mass is 10.1. The molecule has 1 unspecified atom stereocenters. The molecule has 144 valence electrons. The van der Waals surface area contributed by atoms with Crippen LogP contribution in [0.15, 0.2) is 0 Å². The third-order valence-corrected chi connectivity index (χ3v) is 3.72. The van der Waals surface area contributed by atoms with Crippen molar-refractivity contribution in [2.45, 2.75) is 67.0 Å². The number of rotatable bonds is 2. The Morgan fingerprint density at radius 1 is 1.00 bits per heavy atom. The summed E-state index contributed by atoms with van der Waals surface area (Å²) in [6.45, 7) is 15.5. The van der Waals surface area contributed by atoms with E-state index < -0.39 is 6.17 Å². The first-order chi connectivity index (χ1) is 11.5. The Balaban J connectivity index is 0. The fraction of sp³-hybridized carbons (Fsp3) is 0.889. The maximum Gasteiger partial charge on any atom is 0.319 e. The smallest absolute Gasteiger partial charge is 0.319 e. The van der Waals surface area contributed by atoms with E-state index in [0.29, 0.717) is 25.9 Å². The first kappa shape index (κ1) is 24.9. The second-order valence-corrected chi connectivity index (χ2v) is 5.21. The van der Waals surface area contributed by atoms with E-state index in [1.54, 1.807) is 9.80 Å². The van der Waals surface area contributed by atoms with Crippen LogP contribution in [0.5, 0.6) is 0 Å². The Morgan fingerprint density at radius 3 is 1.96 bits per heavy atom. The van der Waals surface area contributed by atoms with Crippen molar-refractivity contribution >= 4 is 11.9 Å². The number of urea groups is 1. The van der Waals surface area contributed by atoms with Crippen LogP contribution in [0, 0.1) is 0 Å². The van der Waals surface area contributed by atoms with Crippen molar-refractivity contribution in [3.63, 3.8) is 0 Å². The number of hydrogen-bond donors (Lipinski definition) is 0. The molecule has 0 aliphatic carbocycles. The third-order valence-electron chi connectivity index (χ3n) is 3.72. The van der Waals surface area contributed by atoms with E-state index in [1.807, 2.05) is 53.5 Å². The van der Waals surface area contributed by atoms with Gasteiger partial charge >= 0.3 is 6.03 Å². The lowest BCUT2D eigenvalue weighted by Crippen LogP contribution is -2.47. The Labute approximate surface area is 148 Å². The van der Waals surface area contributed by atoms with Crippen LogP contribution in [-0.2, 0) is 4.79 Å². The fourth-order valence-corrected chi connectivity index (χ4v) is 2.40. The zero-order chi connectivity index (χ0) is 19.1. The first-order valence-corrected chi connectivity index (χ1v) is 9.41. The fourth-order valence-electron chi connectivity index (χ4n) is 2.40. The average Bonchev–Trinajstić information content (AvgIpc) is 2.63. The van der Waals surface area contributed by atoms with Gasteiger partial charge in [0, 0.05) is 39.6 Å². The lowest BCUT2D eigenvalue weighted by molar-refractivity contribution is -0.134. The topological polar surface area (TPSA) is 43.9 Å². The summed E-state index contributed by atoms with van der Waals surface area (Å²) in [6.07, 6.45) is 1.11. The molecule has 0 radical (unpaired) electrons. The van der Waals surface area contributed by atoms with E-state index in [4.69, 9.17) is 0 Å². The van der Waals surface area contributed by atoms with Gasteiger partial charge in [0.1, 0.15) is 6.17 Å². The van der Waals surface area contributed by atoms with E-state index in [2.05, 4.69) is 0 Å². The Morgan fingerprint density at radius 2 is 1.54 bits per heavy atom. The summed E-state index contributed by atoms with van der Waals surface area (Å²) >= 11 is 0. The number of hydrogen-bond acceptors (Lipinski definition) is 2. The number of halogens is 1. The number of carbonyl (C=O) groups is 2. The highest BCUT2D eigenvalue weighted by Gasteiger charge is 2.23. The third kappa shape index (κ3) is 9.08. The van der Waals surface area contributed by atoms with Crippen LogP contribution in [0.2, 0.25) is 0 Å². The first-order valence-electron chi connectivity index (χ1n) is 9.41. The lowest BCUT2D eigenvalue weighted by Gasteiger charge is -2.32. The highest BCUT2D eigenvalue weighted by atomic mass is 19.1. The molecule has 0 aromatic carbocycles. The summed E-state index contributed by atoms with van der Waals surface area (Å²) in [5.41, 5.74) is 0. The van der Waals surface area contributed by atoms with Gasteiger partial charge in [0.15, 0.2) is 0 Å². The molecular weight excluding hydrogens is 309 g/mol. The van der Waals surface area contributed by atoms with Crippen molar-refractivity contribution in [3.8, 4) is 0 Å². The second kappa shape index (κ2) is 15.2. The molecule has 0 saturated carbocycles. The number of alkyl halides is 1. The van der Waals surface area contributed by atoms with Gasteiger partial charge < -0.3 is 14.7 Å². The van der Waals surface area contributed by atoms with Crippen molar-refractivity contribution in [2.75, 3.05) is 39.8 Å². The van der Waals surface area contributed by atoms with Gasteiger partial charge in [-0.15, -0.1) is 0 Å². The predicted molar refractivity (Wildman–Crippen MR) is 99.0 cm³/mol. The van der Waals surface area contributed by atoms with Crippen LogP contribution < -0.4 is 0 Å². The normalized spacial score (nSPS) is 20.2. The zero-order valence-electron chi connectivity index (χ0n) is 16.8. The Bertz CT molecular complexity index is 338. The standard InChI is InChI=1S/C7H12FNO.C7H14N2O.2C2H6/c1-2-9-5-6(8)3-4-7(9)10;1-3-9-6-4-5-8(2)7(9)10;2*1-2/h6H,2-5H2,1H3;3-6H2,1-2H3;2*1-2H3. The van der Waals surface area contributed by atoms with Gasteiger partial charge in [-0.3, -0.25) is 4.79 Å². The Hall–Kier alpha value is -1.33. The summed E-state index contributed by atoms with van der Waals surface area (Å²) in [5.74, 6) is 0.0939. The molecule has 0 aromatic heterocycles. The summed E-state index contributed by atoms with van der Waals surface area (Å²) < 4.78 is 12.6. The van der Waals surface area contributed by atoms with Crippen LogP contribution in [-0.4, -0.2) is 72.6 Å². The molecule has 2 aliphatic rings. The minimum absolute atomic E-state index is 0.0939. The van der Waals surface area contributed by atoms with E-state index in [-0.39, 0.29) is 11.9 Å². The monoisotopic (exact) mass is 347 g/mol. The molecule has 0 aromatic rings. The molecule has 2 saturated heterocycles. The highest BCUT2D eigenvalue weighted by molar-refractivity contribution is 5.77. The maximum atomic E-state index is 12.6. The molecule has 24 heavy (non-hydrogen) atoms. The quantitative estimate of drug-likeness (QED) is 0.763.